The van der Waals surface area contributed by atoms with Crippen LogP contribution in [0.3, 0.4) is 0 Å². The van der Waals surface area contributed by atoms with Crippen LogP contribution in [0.15, 0.2) is 0 Å². The Hall–Kier alpha value is -4.78. The van der Waals surface area contributed by atoms with Gasteiger partial charge in [0.15, 0.2) is 93.1 Å². The number of benzene rings is 5. The van der Waals surface area contributed by atoms with Crippen LogP contribution in [0.1, 0.15) is 5.56 Å². The van der Waals surface area contributed by atoms with Crippen LogP contribution in [-0.2, 0) is 6.18 Å². The minimum atomic E-state index is -6.33. The van der Waals surface area contributed by atoms with Crippen molar-refractivity contribution in [3.05, 3.63) is 104 Å². The number of hydrogen-bond acceptors (Lipinski definition) is 0. The van der Waals surface area contributed by atoms with Gasteiger partial charge in [-0.1, -0.05) is 0 Å². The number of rotatable bonds is 2. The summed E-state index contributed by atoms with van der Waals surface area (Å²) < 4.78 is 291. The molecule has 0 aliphatic heterocycles. The van der Waals surface area contributed by atoms with E-state index in [2.05, 4.69) is 0 Å². The van der Waals surface area contributed by atoms with Gasteiger partial charge in [0.2, 0.25) is 5.82 Å². The Bertz CT molecular complexity index is 2110. The summed E-state index contributed by atoms with van der Waals surface area (Å²) in [6.45, 7) is 0. The zero-order chi connectivity index (χ0) is 35.5. The van der Waals surface area contributed by atoms with Gasteiger partial charge in [-0.25, -0.2) is 74.6 Å². The second kappa shape index (κ2) is 10.6. The average Bonchev–Trinajstić information content (AvgIpc) is 3.00. The van der Waals surface area contributed by atoms with Gasteiger partial charge in [0.1, 0.15) is 5.56 Å². The summed E-state index contributed by atoms with van der Waals surface area (Å²) in [6.07, 6.45) is -6.33. The quantitative estimate of drug-likeness (QED) is 0.0743. The van der Waals surface area contributed by atoms with Crippen molar-refractivity contribution in [3.63, 3.8) is 0 Å². The van der Waals surface area contributed by atoms with Crippen molar-refractivity contribution in [1.82, 2.24) is 0 Å². The molecule has 0 atom stereocenters. The van der Waals surface area contributed by atoms with Gasteiger partial charge in [-0.15, -0.1) is 0 Å². The predicted octanol–water partition coefficient (Wildman–Crippen LogP) is 10.7. The Balaban J connectivity index is 2.32. The largest absolute Gasteiger partial charge is 0.422 e. The van der Waals surface area contributed by atoms with Crippen molar-refractivity contribution in [1.29, 1.82) is 0 Å². The molecule has 0 nitrogen and oxygen atoms in total. The number of fused-ring (bicyclic) bond motifs is 2. The number of halogens is 20. The van der Waals surface area contributed by atoms with Gasteiger partial charge >= 0.3 is 6.18 Å². The van der Waals surface area contributed by atoms with Crippen molar-refractivity contribution >= 4 is 21.5 Å². The lowest BCUT2D eigenvalue weighted by Gasteiger charge is -2.22. The molecule has 5 aromatic carbocycles. The van der Waals surface area contributed by atoms with Crippen LogP contribution < -0.4 is 0 Å². The summed E-state index contributed by atoms with van der Waals surface area (Å²) in [6, 6.07) is 0. The minimum absolute atomic E-state index is 2.61. The first-order valence-corrected chi connectivity index (χ1v) is 11.5. The second-order valence-corrected chi connectivity index (χ2v) is 9.21. The van der Waals surface area contributed by atoms with E-state index in [0.717, 1.165) is 0 Å². The summed E-state index contributed by atoms with van der Waals surface area (Å²) >= 11 is 0. The molecule has 0 aliphatic rings. The highest BCUT2D eigenvalue weighted by Crippen LogP contribution is 2.52. The first-order valence-electron chi connectivity index (χ1n) is 11.5. The van der Waals surface area contributed by atoms with E-state index in [0.29, 0.717) is 0 Å². The van der Waals surface area contributed by atoms with Crippen molar-refractivity contribution in [2.24, 2.45) is 0 Å². The standard InChI is InChI=1S/C27F20/c28-10-3-1(7-14(32)18(36)9(27(45,46)47)19(37)15(7)33)4-6(13(31)23(41)21(39)11(4)29)2(5(3)12(30)22(40)20(10)38)8-16(34)24(42)26(44)25(43)17(8)35. The smallest absolute Gasteiger partial charge is 0.203 e. The van der Waals surface area contributed by atoms with Crippen molar-refractivity contribution in [2.45, 2.75) is 6.18 Å². The number of alkyl halides is 3. The summed E-state index contributed by atoms with van der Waals surface area (Å²) in [5.74, 6) is -54.7. The molecule has 0 aliphatic carbocycles. The lowest BCUT2D eigenvalue weighted by atomic mass is 9.83. The van der Waals surface area contributed by atoms with Crippen LogP contribution in [0, 0.1) is 98.9 Å². The fourth-order valence-corrected chi connectivity index (χ4v) is 4.88. The Labute approximate surface area is 243 Å². The zero-order valence-electron chi connectivity index (χ0n) is 21.1. The van der Waals surface area contributed by atoms with Gasteiger partial charge < -0.3 is 0 Å². The molecule has 0 saturated carbocycles. The van der Waals surface area contributed by atoms with Crippen LogP contribution in [-0.4, -0.2) is 0 Å². The normalized spacial score (nSPS) is 12.3. The first kappa shape index (κ1) is 33.6. The fraction of sp³-hybridized carbons (Fsp3) is 0.0370. The first-order chi connectivity index (χ1) is 21.6. The second-order valence-electron chi connectivity index (χ2n) is 9.21. The predicted molar refractivity (Wildman–Crippen MR) is 117 cm³/mol. The van der Waals surface area contributed by atoms with Crippen LogP contribution in [0.5, 0.6) is 0 Å². The van der Waals surface area contributed by atoms with Gasteiger partial charge in [-0.3, -0.25) is 0 Å². The molecular formula is C27F20. The van der Waals surface area contributed by atoms with E-state index in [1.54, 1.807) is 0 Å². The highest BCUT2D eigenvalue weighted by molar-refractivity contribution is 6.22. The van der Waals surface area contributed by atoms with Crippen molar-refractivity contribution in [3.8, 4) is 22.3 Å². The highest BCUT2D eigenvalue weighted by atomic mass is 19.4. The van der Waals surface area contributed by atoms with Crippen LogP contribution in [0.2, 0.25) is 0 Å². The van der Waals surface area contributed by atoms with E-state index >= 15 is 26.3 Å². The lowest BCUT2D eigenvalue weighted by molar-refractivity contribution is -0.143. The van der Waals surface area contributed by atoms with Crippen molar-refractivity contribution < 1.29 is 87.8 Å². The zero-order valence-corrected chi connectivity index (χ0v) is 21.1. The lowest BCUT2D eigenvalue weighted by Crippen LogP contribution is -2.17. The maximum atomic E-state index is 15.4. The van der Waals surface area contributed by atoms with Gasteiger partial charge in [-0.2, -0.15) is 13.2 Å². The molecule has 0 aromatic heterocycles. The van der Waals surface area contributed by atoms with Gasteiger partial charge in [0.25, 0.3) is 0 Å². The monoisotopic (exact) mass is 704 g/mol. The summed E-state index contributed by atoms with van der Waals surface area (Å²) in [5.41, 5.74) is -14.4. The molecule has 0 N–H and O–H groups in total. The summed E-state index contributed by atoms with van der Waals surface area (Å²) in [7, 11) is 0. The molecule has 20 heteroatoms. The number of hydrogen-bond donors (Lipinski definition) is 0. The minimum Gasteiger partial charge on any atom is -0.203 e. The Morgan fingerprint density at radius 2 is 0.404 bits per heavy atom. The van der Waals surface area contributed by atoms with E-state index < -0.39 is 154 Å². The molecule has 0 unspecified atom stereocenters. The molecule has 5 rings (SSSR count). The van der Waals surface area contributed by atoms with Gasteiger partial charge in [0.05, 0.1) is 11.1 Å². The van der Waals surface area contributed by atoms with E-state index in [1.165, 1.54) is 0 Å². The van der Waals surface area contributed by atoms with E-state index in [-0.39, 0.29) is 0 Å². The molecule has 5 aromatic rings. The Morgan fingerprint density at radius 3 is 0.638 bits per heavy atom. The van der Waals surface area contributed by atoms with Crippen molar-refractivity contribution in [2.75, 3.05) is 0 Å². The molecule has 0 spiro atoms. The molecule has 0 amide bonds. The average molecular weight is 704 g/mol. The van der Waals surface area contributed by atoms with E-state index in [4.69, 9.17) is 0 Å². The molecule has 0 saturated heterocycles. The third-order valence-electron chi connectivity index (χ3n) is 6.79. The third kappa shape index (κ3) is 4.31. The van der Waals surface area contributed by atoms with E-state index in [9.17, 15) is 61.5 Å². The van der Waals surface area contributed by atoms with E-state index in [1.807, 2.05) is 0 Å². The molecule has 248 valence electrons. The van der Waals surface area contributed by atoms with Crippen LogP contribution >= 0.6 is 0 Å². The summed E-state index contributed by atoms with van der Waals surface area (Å²) in [4.78, 5) is 0. The molecule has 0 fully saturated rings. The topological polar surface area (TPSA) is 0 Å². The van der Waals surface area contributed by atoms with Gasteiger partial charge in [-0.05, 0) is 0 Å². The third-order valence-corrected chi connectivity index (χ3v) is 6.79. The summed E-state index contributed by atoms with van der Waals surface area (Å²) in [5, 5.41) is -10.6. The maximum absolute atomic E-state index is 15.4. The molecule has 47 heavy (non-hydrogen) atoms. The van der Waals surface area contributed by atoms with Gasteiger partial charge in [0, 0.05) is 32.7 Å². The molecule has 0 bridgehead atoms. The molecule has 0 radical (unpaired) electrons. The molecule has 0 heterocycles. The highest BCUT2D eigenvalue weighted by Gasteiger charge is 2.44. The molecular weight excluding hydrogens is 704 g/mol. The Kier molecular flexibility index (Phi) is 7.59. The fourth-order valence-electron chi connectivity index (χ4n) is 4.88. The SMILES string of the molecule is Fc1c(F)c(F)c(-c2c3c(F)c(F)c(F)c(F)c3c(-c3c(F)c(F)c(C(F)(F)F)c(F)c3F)c3c(F)c(F)c(F)c(F)c23)c(F)c1F. The Morgan fingerprint density at radius 1 is 0.213 bits per heavy atom. The maximum Gasteiger partial charge on any atom is 0.422 e. The van der Waals surface area contributed by atoms with Crippen LogP contribution in [0.25, 0.3) is 43.8 Å². The van der Waals surface area contributed by atoms with Crippen LogP contribution in [0.4, 0.5) is 87.8 Å².